The first kappa shape index (κ1) is 14.4. The molecule has 2 rings (SSSR count). The molecule has 0 bridgehead atoms. The minimum Gasteiger partial charge on any atom is -0.497 e. The normalized spacial score (nSPS) is 13.8. The van der Waals surface area contributed by atoms with E-state index in [1.807, 2.05) is 30.3 Å². The molecule has 0 saturated heterocycles. The Morgan fingerprint density at radius 3 is 2.06 bits per heavy atom. The smallest absolute Gasteiger partial charge is 0.118 e. The summed E-state index contributed by atoms with van der Waals surface area (Å²) in [5.74, 6) is 1.96. The quantitative estimate of drug-likeness (QED) is 0.776. The Morgan fingerprint density at radius 1 is 0.944 bits per heavy atom. The van der Waals surface area contributed by atoms with E-state index in [1.54, 1.807) is 14.2 Å². The van der Waals surface area contributed by atoms with Gasteiger partial charge in [-0.2, -0.15) is 0 Å². The van der Waals surface area contributed by atoms with Gasteiger partial charge in [-0.05, 0) is 50.5 Å². The summed E-state index contributed by atoms with van der Waals surface area (Å²) in [7, 11) is 3.39. The predicted octanol–water partition coefficient (Wildman–Crippen LogP) is 4.26. The van der Waals surface area contributed by atoms with Crippen molar-refractivity contribution in [3.05, 3.63) is 53.3 Å². The molecule has 0 saturated carbocycles. The fraction of sp³-hybridized carbons (Fsp3) is 0.375. The zero-order valence-electron chi connectivity index (χ0n) is 11.7. The van der Waals surface area contributed by atoms with Crippen molar-refractivity contribution in [2.45, 2.75) is 26.7 Å². The van der Waals surface area contributed by atoms with Crippen molar-refractivity contribution in [2.24, 2.45) is 0 Å². The molecule has 0 N–H and O–H groups in total. The highest BCUT2D eigenvalue weighted by atomic mass is 16.5. The van der Waals surface area contributed by atoms with Crippen LogP contribution in [0.15, 0.2) is 47.7 Å². The van der Waals surface area contributed by atoms with Crippen molar-refractivity contribution in [1.29, 1.82) is 0 Å². The molecule has 0 aliphatic heterocycles. The fourth-order valence-corrected chi connectivity index (χ4v) is 1.67. The van der Waals surface area contributed by atoms with E-state index < -0.39 is 0 Å². The van der Waals surface area contributed by atoms with Crippen LogP contribution in [0.4, 0.5) is 0 Å². The van der Waals surface area contributed by atoms with Crippen molar-refractivity contribution in [2.75, 3.05) is 14.2 Å². The molecule has 2 heteroatoms. The number of hydrogen-bond acceptors (Lipinski definition) is 2. The van der Waals surface area contributed by atoms with Crippen LogP contribution in [0.5, 0.6) is 5.75 Å². The number of rotatable bonds is 2. The Morgan fingerprint density at radius 2 is 1.61 bits per heavy atom. The summed E-state index contributed by atoms with van der Waals surface area (Å²) >= 11 is 0. The van der Waals surface area contributed by atoms with Gasteiger partial charge in [0.15, 0.2) is 0 Å². The van der Waals surface area contributed by atoms with Crippen LogP contribution in [0.2, 0.25) is 0 Å². The summed E-state index contributed by atoms with van der Waals surface area (Å²) in [4.78, 5) is 0. The van der Waals surface area contributed by atoms with Gasteiger partial charge in [-0.15, -0.1) is 0 Å². The largest absolute Gasteiger partial charge is 0.497 e. The van der Waals surface area contributed by atoms with Gasteiger partial charge < -0.3 is 9.47 Å². The lowest BCUT2D eigenvalue weighted by atomic mass is 10.1. The summed E-state index contributed by atoms with van der Waals surface area (Å²) < 4.78 is 10.1. The predicted molar refractivity (Wildman–Crippen MR) is 75.8 cm³/mol. The highest BCUT2D eigenvalue weighted by molar-refractivity contribution is 5.26. The van der Waals surface area contributed by atoms with Gasteiger partial charge in [0, 0.05) is 0 Å². The Kier molecular flexibility index (Phi) is 6.06. The van der Waals surface area contributed by atoms with Crippen LogP contribution in [0.3, 0.4) is 0 Å². The van der Waals surface area contributed by atoms with E-state index in [-0.39, 0.29) is 0 Å². The number of hydrogen-bond donors (Lipinski definition) is 0. The Balaban J connectivity index is 0.000000180. The molecule has 2 nitrogen and oxygen atoms in total. The maximum absolute atomic E-state index is 5.10. The molecule has 0 atom stereocenters. The van der Waals surface area contributed by atoms with Crippen molar-refractivity contribution in [1.82, 2.24) is 0 Å². The molecule has 0 unspecified atom stereocenters. The van der Waals surface area contributed by atoms with Gasteiger partial charge in [0.05, 0.1) is 14.2 Å². The van der Waals surface area contributed by atoms with Crippen molar-refractivity contribution >= 4 is 0 Å². The van der Waals surface area contributed by atoms with Crippen molar-refractivity contribution in [3.63, 3.8) is 0 Å². The summed E-state index contributed by atoms with van der Waals surface area (Å²) in [5.41, 5.74) is 2.62. The fourth-order valence-electron chi connectivity index (χ4n) is 1.67. The Labute approximate surface area is 110 Å². The number of methoxy groups -OCH3 is 2. The monoisotopic (exact) mass is 246 g/mol. The van der Waals surface area contributed by atoms with Crippen LogP contribution in [0, 0.1) is 6.92 Å². The maximum atomic E-state index is 5.10. The molecule has 1 aromatic rings. The molecular formula is C16H22O2. The lowest BCUT2D eigenvalue weighted by Crippen LogP contribution is -1.92. The third-order valence-corrected chi connectivity index (χ3v) is 2.85. The van der Waals surface area contributed by atoms with Crippen LogP contribution in [-0.2, 0) is 4.74 Å². The minimum absolute atomic E-state index is 0.917. The number of ether oxygens (including phenoxy) is 2. The first-order valence-corrected chi connectivity index (χ1v) is 6.18. The first-order valence-electron chi connectivity index (χ1n) is 6.18. The van der Waals surface area contributed by atoms with E-state index in [2.05, 4.69) is 19.9 Å². The molecule has 1 aromatic carbocycles. The second-order valence-electron chi connectivity index (χ2n) is 4.31. The summed E-state index contributed by atoms with van der Waals surface area (Å²) in [6.45, 7) is 4.17. The van der Waals surface area contributed by atoms with Crippen molar-refractivity contribution in [3.8, 4) is 5.75 Å². The lowest BCUT2D eigenvalue weighted by Gasteiger charge is -2.09. The van der Waals surface area contributed by atoms with Crippen LogP contribution in [0.1, 0.15) is 25.3 Å². The SMILES string of the molecule is COC1=C(C)CCC=C1.COc1ccc(C)cc1. The minimum atomic E-state index is 0.917. The van der Waals surface area contributed by atoms with E-state index in [4.69, 9.17) is 9.47 Å². The Hall–Kier alpha value is -1.70. The molecule has 98 valence electrons. The van der Waals surface area contributed by atoms with Gasteiger partial charge in [0.1, 0.15) is 11.5 Å². The average molecular weight is 246 g/mol. The molecule has 1 aliphatic rings. The molecule has 0 amide bonds. The Bertz CT molecular complexity index is 413. The highest BCUT2D eigenvalue weighted by Crippen LogP contribution is 2.17. The summed E-state index contributed by atoms with van der Waals surface area (Å²) in [6.07, 6.45) is 6.50. The number of aryl methyl sites for hydroxylation is 1. The molecule has 0 fully saturated rings. The van der Waals surface area contributed by atoms with E-state index in [0.717, 1.165) is 17.9 Å². The third-order valence-electron chi connectivity index (χ3n) is 2.85. The second-order valence-corrected chi connectivity index (χ2v) is 4.31. The van der Waals surface area contributed by atoms with Crippen LogP contribution >= 0.6 is 0 Å². The van der Waals surface area contributed by atoms with Gasteiger partial charge in [-0.3, -0.25) is 0 Å². The molecule has 0 heterocycles. The van der Waals surface area contributed by atoms with E-state index in [9.17, 15) is 0 Å². The maximum Gasteiger partial charge on any atom is 0.118 e. The first-order chi connectivity index (χ1) is 8.67. The molecule has 0 aromatic heterocycles. The van der Waals surface area contributed by atoms with Gasteiger partial charge in [0.25, 0.3) is 0 Å². The van der Waals surface area contributed by atoms with Gasteiger partial charge in [0.2, 0.25) is 0 Å². The molecule has 1 aliphatic carbocycles. The van der Waals surface area contributed by atoms with E-state index >= 15 is 0 Å². The number of benzene rings is 1. The highest BCUT2D eigenvalue weighted by Gasteiger charge is 2.01. The van der Waals surface area contributed by atoms with Gasteiger partial charge in [-0.25, -0.2) is 0 Å². The lowest BCUT2D eigenvalue weighted by molar-refractivity contribution is 0.299. The third kappa shape index (κ3) is 4.66. The molecule has 18 heavy (non-hydrogen) atoms. The van der Waals surface area contributed by atoms with Crippen LogP contribution < -0.4 is 4.74 Å². The topological polar surface area (TPSA) is 18.5 Å². The van der Waals surface area contributed by atoms with Gasteiger partial charge in [-0.1, -0.05) is 23.8 Å². The van der Waals surface area contributed by atoms with E-state index in [1.165, 1.54) is 17.6 Å². The standard InChI is InChI=1S/C8H10O.C8H12O/c1-7-3-5-8(9-2)6-4-7;1-7-5-3-4-6-8(7)9-2/h3-6H,1-2H3;4,6H,3,5H2,1-2H3. The second kappa shape index (κ2) is 7.59. The van der Waals surface area contributed by atoms with E-state index in [0.29, 0.717) is 0 Å². The average Bonchev–Trinajstić information content (AvgIpc) is 2.41. The zero-order chi connectivity index (χ0) is 13.4. The van der Waals surface area contributed by atoms with Crippen molar-refractivity contribution < 1.29 is 9.47 Å². The molecule has 0 spiro atoms. The van der Waals surface area contributed by atoms with Crippen LogP contribution in [0.25, 0.3) is 0 Å². The van der Waals surface area contributed by atoms with Gasteiger partial charge >= 0.3 is 0 Å². The summed E-state index contributed by atoms with van der Waals surface area (Å²) in [5, 5.41) is 0. The number of allylic oxidation sites excluding steroid dienone is 3. The van der Waals surface area contributed by atoms with Crippen LogP contribution in [-0.4, -0.2) is 14.2 Å². The summed E-state index contributed by atoms with van der Waals surface area (Å²) in [6, 6.07) is 7.96. The zero-order valence-corrected chi connectivity index (χ0v) is 11.7. The molecule has 0 radical (unpaired) electrons. The molecular weight excluding hydrogens is 224 g/mol.